The van der Waals surface area contributed by atoms with Gasteiger partial charge in [0.1, 0.15) is 0 Å². The van der Waals surface area contributed by atoms with Crippen molar-refractivity contribution in [2.45, 2.75) is 29.9 Å². The minimum atomic E-state index is -0.412. The number of hydrogen-bond acceptors (Lipinski definition) is 7. The number of amides is 3. The second kappa shape index (κ2) is 7.59. The first kappa shape index (κ1) is 16.8. The Morgan fingerprint density at radius 2 is 2.36 bits per heavy atom. The summed E-state index contributed by atoms with van der Waals surface area (Å²) in [6.07, 6.45) is 0.127. The summed E-state index contributed by atoms with van der Waals surface area (Å²) < 4.78 is 5.56. The lowest BCUT2D eigenvalue weighted by atomic mass is 10.3. The lowest BCUT2D eigenvalue weighted by molar-refractivity contribution is -0.142. The van der Waals surface area contributed by atoms with Crippen LogP contribution >= 0.6 is 23.1 Å². The van der Waals surface area contributed by atoms with E-state index in [-0.39, 0.29) is 24.3 Å². The predicted octanol–water partition coefficient (Wildman–Crippen LogP) is 1.28. The minimum absolute atomic E-state index is 0.127. The molecule has 0 aliphatic carbocycles. The number of rotatable bonds is 6. The fourth-order valence-electron chi connectivity index (χ4n) is 1.89. The zero-order valence-electron chi connectivity index (χ0n) is 12.3. The van der Waals surface area contributed by atoms with E-state index in [9.17, 15) is 14.4 Å². The van der Waals surface area contributed by atoms with Gasteiger partial charge in [0.2, 0.25) is 5.91 Å². The zero-order valence-corrected chi connectivity index (χ0v) is 14.0. The molecule has 1 fully saturated rings. The Morgan fingerprint density at radius 3 is 3.00 bits per heavy atom. The van der Waals surface area contributed by atoms with Crippen molar-refractivity contribution in [2.24, 2.45) is 0 Å². The van der Waals surface area contributed by atoms with Crippen LogP contribution < -0.4 is 5.32 Å². The van der Waals surface area contributed by atoms with Crippen LogP contribution in [0.5, 0.6) is 0 Å². The molecule has 1 atom stereocenters. The van der Waals surface area contributed by atoms with Crippen LogP contribution in [0.2, 0.25) is 0 Å². The number of imide groups is 1. The molecule has 0 unspecified atom stereocenters. The molecule has 1 N–H and O–H groups in total. The fourth-order valence-corrected chi connectivity index (χ4v) is 3.93. The van der Waals surface area contributed by atoms with Crippen molar-refractivity contribution < 1.29 is 19.1 Å². The number of aromatic nitrogens is 1. The highest BCUT2D eigenvalue weighted by atomic mass is 32.2. The van der Waals surface area contributed by atoms with E-state index in [1.807, 2.05) is 0 Å². The monoisotopic (exact) mass is 343 g/mol. The third-order valence-electron chi connectivity index (χ3n) is 2.91. The average molecular weight is 343 g/mol. The van der Waals surface area contributed by atoms with E-state index < -0.39 is 5.25 Å². The summed E-state index contributed by atoms with van der Waals surface area (Å²) in [5.41, 5.74) is 0.629. The van der Waals surface area contributed by atoms with Gasteiger partial charge in [-0.3, -0.25) is 14.5 Å². The highest BCUT2D eigenvalue weighted by molar-refractivity contribution is 8.02. The van der Waals surface area contributed by atoms with Gasteiger partial charge < -0.3 is 10.1 Å². The second-order valence-electron chi connectivity index (χ2n) is 4.57. The lowest BCUT2D eigenvalue weighted by Crippen LogP contribution is -2.38. The molecule has 0 saturated carbocycles. The number of urea groups is 1. The normalized spacial score (nSPS) is 15.5. The van der Waals surface area contributed by atoms with Gasteiger partial charge in [-0.15, -0.1) is 11.3 Å². The number of carbonyl (C=O) groups excluding carboxylic acids is 3. The van der Waals surface area contributed by atoms with E-state index in [1.54, 1.807) is 19.2 Å². The van der Waals surface area contributed by atoms with E-state index in [2.05, 4.69) is 10.3 Å². The molecule has 1 aromatic heterocycles. The molecule has 0 radical (unpaired) electrons. The molecule has 3 amide bonds. The molecule has 0 spiro atoms. The molecule has 1 aromatic rings. The fraction of sp³-hybridized carbons (Fsp3) is 0.538. The van der Waals surface area contributed by atoms with Crippen LogP contribution in [0, 0.1) is 0 Å². The van der Waals surface area contributed by atoms with E-state index >= 15 is 0 Å². The van der Waals surface area contributed by atoms with Crippen LogP contribution in [0.3, 0.4) is 0 Å². The van der Waals surface area contributed by atoms with E-state index in [0.717, 1.165) is 0 Å². The summed E-state index contributed by atoms with van der Waals surface area (Å²) in [5, 5.41) is 3.96. The number of esters is 1. The van der Waals surface area contributed by atoms with Gasteiger partial charge in [-0.05, 0) is 13.8 Å². The van der Waals surface area contributed by atoms with Crippen molar-refractivity contribution in [1.82, 2.24) is 15.2 Å². The van der Waals surface area contributed by atoms with Crippen molar-refractivity contribution in [1.29, 1.82) is 0 Å². The molecule has 2 rings (SSSR count). The Kier molecular flexibility index (Phi) is 5.78. The van der Waals surface area contributed by atoms with Crippen molar-refractivity contribution in [3.63, 3.8) is 0 Å². The Labute approximate surface area is 136 Å². The third kappa shape index (κ3) is 4.20. The van der Waals surface area contributed by atoms with Crippen molar-refractivity contribution in [3.05, 3.63) is 11.1 Å². The number of nitrogens with zero attached hydrogens (tertiary/aromatic N) is 2. The molecule has 7 nitrogen and oxygen atoms in total. The van der Waals surface area contributed by atoms with Crippen LogP contribution in [-0.4, -0.2) is 52.7 Å². The Hall–Kier alpha value is -1.61. The van der Waals surface area contributed by atoms with Crippen molar-refractivity contribution in [2.75, 3.05) is 19.7 Å². The van der Waals surface area contributed by atoms with Gasteiger partial charge in [0, 0.05) is 18.5 Å². The maximum Gasteiger partial charge on any atom is 0.324 e. The molecule has 22 heavy (non-hydrogen) atoms. The molecule has 1 aliphatic rings. The third-order valence-corrected chi connectivity index (χ3v) is 5.02. The van der Waals surface area contributed by atoms with Gasteiger partial charge in [-0.1, -0.05) is 11.8 Å². The van der Waals surface area contributed by atoms with E-state index in [1.165, 1.54) is 28.0 Å². The first-order chi connectivity index (χ1) is 10.5. The number of thiazole rings is 1. The summed E-state index contributed by atoms with van der Waals surface area (Å²) in [5.74, 6) is -0.552. The summed E-state index contributed by atoms with van der Waals surface area (Å²) in [6.45, 7) is 4.72. The summed E-state index contributed by atoms with van der Waals surface area (Å²) in [7, 11) is 0. The number of carbonyl (C=O) groups is 3. The van der Waals surface area contributed by atoms with Crippen molar-refractivity contribution in [3.8, 4) is 0 Å². The molecular weight excluding hydrogens is 326 g/mol. The van der Waals surface area contributed by atoms with Gasteiger partial charge in [-0.25, -0.2) is 9.78 Å². The molecule has 9 heteroatoms. The first-order valence-electron chi connectivity index (χ1n) is 6.87. The Bertz CT molecular complexity index is 575. The topological polar surface area (TPSA) is 88.6 Å². The molecule has 0 bridgehead atoms. The highest BCUT2D eigenvalue weighted by Crippen LogP contribution is 2.28. The van der Waals surface area contributed by atoms with Gasteiger partial charge in [0.15, 0.2) is 4.34 Å². The Balaban J connectivity index is 1.90. The van der Waals surface area contributed by atoms with Crippen LogP contribution in [0.15, 0.2) is 9.72 Å². The van der Waals surface area contributed by atoms with Gasteiger partial charge >= 0.3 is 12.0 Å². The van der Waals surface area contributed by atoms with Gasteiger partial charge in [-0.2, -0.15) is 0 Å². The summed E-state index contributed by atoms with van der Waals surface area (Å²) >= 11 is 2.66. The molecule has 1 aliphatic heterocycles. The minimum Gasteiger partial charge on any atom is -0.466 e. The molecule has 1 saturated heterocycles. The maximum atomic E-state index is 12.2. The van der Waals surface area contributed by atoms with Crippen LogP contribution in [-0.2, 0) is 20.7 Å². The number of thioether (sulfide) groups is 1. The summed E-state index contributed by atoms with van der Waals surface area (Å²) in [4.78, 5) is 40.6. The van der Waals surface area contributed by atoms with Crippen LogP contribution in [0.4, 0.5) is 4.79 Å². The molecule has 120 valence electrons. The highest BCUT2D eigenvalue weighted by Gasteiger charge is 2.30. The summed E-state index contributed by atoms with van der Waals surface area (Å²) in [6, 6.07) is -0.348. The van der Waals surface area contributed by atoms with Crippen molar-refractivity contribution >= 4 is 41.0 Å². The quantitative estimate of drug-likeness (QED) is 0.618. The van der Waals surface area contributed by atoms with Gasteiger partial charge in [0.25, 0.3) is 0 Å². The lowest BCUT2D eigenvalue weighted by Gasteiger charge is -2.16. The molecule has 0 aromatic carbocycles. The SMILES string of the molecule is CCOC(=O)Cc1csc(S[C@@H](C)C(=O)N2CCNC2=O)n1. The van der Waals surface area contributed by atoms with Crippen LogP contribution in [0.1, 0.15) is 19.5 Å². The number of nitrogens with one attached hydrogen (secondary N) is 1. The second-order valence-corrected chi connectivity index (χ2v) is 7.01. The number of ether oxygens (including phenoxy) is 1. The Morgan fingerprint density at radius 1 is 1.59 bits per heavy atom. The maximum absolute atomic E-state index is 12.2. The zero-order chi connectivity index (χ0) is 16.1. The van der Waals surface area contributed by atoms with E-state index in [4.69, 9.17) is 4.74 Å². The smallest absolute Gasteiger partial charge is 0.324 e. The van der Waals surface area contributed by atoms with Crippen LogP contribution in [0.25, 0.3) is 0 Å². The molecular formula is C13H17N3O4S2. The van der Waals surface area contributed by atoms with E-state index in [0.29, 0.717) is 29.7 Å². The standard InChI is InChI=1S/C13H17N3O4S2/c1-3-20-10(17)6-9-7-21-13(15-9)22-8(2)11(18)16-5-4-14-12(16)19/h7-8H,3-6H2,1-2H3,(H,14,19)/t8-/m0/s1. The van der Waals surface area contributed by atoms with Gasteiger partial charge in [0.05, 0.1) is 24.0 Å². The molecule has 2 heterocycles. The largest absolute Gasteiger partial charge is 0.466 e. The average Bonchev–Trinajstić information content (AvgIpc) is 3.07. The predicted molar refractivity (Wildman–Crippen MR) is 82.9 cm³/mol. The number of hydrogen-bond donors (Lipinski definition) is 1. The first-order valence-corrected chi connectivity index (χ1v) is 8.63.